The number of aromatic nitrogens is 2. The SMILES string of the molecule is CC/C(N)=C/NC(CF)C(OC)c1ccc(-c2cnc(N)nc2)cc1. The number of halogens is 1. The maximum atomic E-state index is 13.5. The summed E-state index contributed by atoms with van der Waals surface area (Å²) in [5.41, 5.74) is 14.6. The summed E-state index contributed by atoms with van der Waals surface area (Å²) in [5, 5.41) is 3.00. The van der Waals surface area contributed by atoms with Crippen molar-refractivity contribution in [2.45, 2.75) is 25.5 Å². The highest BCUT2D eigenvalue weighted by Gasteiger charge is 2.22. The van der Waals surface area contributed by atoms with Crippen molar-refractivity contribution >= 4 is 5.95 Å². The van der Waals surface area contributed by atoms with Crippen LogP contribution in [0.2, 0.25) is 0 Å². The number of ether oxygens (including phenoxy) is 1. The number of allylic oxidation sites excluding steroid dienone is 1. The molecule has 2 aromatic rings. The van der Waals surface area contributed by atoms with Crippen LogP contribution >= 0.6 is 0 Å². The van der Waals surface area contributed by atoms with E-state index in [0.29, 0.717) is 12.1 Å². The van der Waals surface area contributed by atoms with E-state index in [2.05, 4.69) is 15.3 Å². The van der Waals surface area contributed by atoms with E-state index in [1.165, 1.54) is 0 Å². The summed E-state index contributed by atoms with van der Waals surface area (Å²) >= 11 is 0. The summed E-state index contributed by atoms with van der Waals surface area (Å²) in [6, 6.07) is 7.11. The first kappa shape index (κ1) is 18.7. The Labute approximate surface area is 147 Å². The van der Waals surface area contributed by atoms with E-state index in [1.807, 2.05) is 31.2 Å². The normalized spacial score (nSPS) is 14.1. The first-order chi connectivity index (χ1) is 12.1. The molecular formula is C18H24FN5O. The van der Waals surface area contributed by atoms with Crippen LogP contribution in [0.15, 0.2) is 48.6 Å². The predicted molar refractivity (Wildman–Crippen MR) is 97.1 cm³/mol. The van der Waals surface area contributed by atoms with Crippen LogP contribution in [0.25, 0.3) is 11.1 Å². The van der Waals surface area contributed by atoms with E-state index in [0.717, 1.165) is 16.7 Å². The van der Waals surface area contributed by atoms with Crippen LogP contribution < -0.4 is 16.8 Å². The fourth-order valence-corrected chi connectivity index (χ4v) is 2.41. The summed E-state index contributed by atoms with van der Waals surface area (Å²) < 4.78 is 19.0. The molecular weight excluding hydrogens is 321 g/mol. The van der Waals surface area contributed by atoms with Gasteiger partial charge in [-0.15, -0.1) is 0 Å². The summed E-state index contributed by atoms with van der Waals surface area (Å²) in [5.74, 6) is 0.232. The molecule has 2 atom stereocenters. The molecule has 134 valence electrons. The van der Waals surface area contributed by atoms with Gasteiger partial charge in [-0.3, -0.25) is 0 Å². The monoisotopic (exact) mass is 345 g/mol. The van der Waals surface area contributed by atoms with Crippen molar-refractivity contribution in [3.05, 3.63) is 54.1 Å². The second-order valence-corrected chi connectivity index (χ2v) is 5.61. The zero-order valence-electron chi connectivity index (χ0n) is 14.4. The highest BCUT2D eigenvalue weighted by Crippen LogP contribution is 2.25. The number of hydrogen-bond donors (Lipinski definition) is 3. The molecule has 1 aromatic heterocycles. The van der Waals surface area contributed by atoms with Crippen molar-refractivity contribution in [1.29, 1.82) is 0 Å². The first-order valence-corrected chi connectivity index (χ1v) is 8.06. The number of hydrogen-bond acceptors (Lipinski definition) is 6. The fourth-order valence-electron chi connectivity index (χ4n) is 2.41. The van der Waals surface area contributed by atoms with E-state index in [4.69, 9.17) is 16.2 Å². The second kappa shape index (κ2) is 8.98. The molecule has 6 nitrogen and oxygen atoms in total. The Balaban J connectivity index is 2.18. The number of nitrogen functional groups attached to an aromatic ring is 1. The van der Waals surface area contributed by atoms with Gasteiger partial charge < -0.3 is 21.5 Å². The molecule has 0 saturated heterocycles. The molecule has 0 bridgehead atoms. The molecule has 0 amide bonds. The minimum absolute atomic E-state index is 0.232. The molecule has 0 spiro atoms. The lowest BCUT2D eigenvalue weighted by Gasteiger charge is -2.25. The van der Waals surface area contributed by atoms with Crippen LogP contribution in [0.3, 0.4) is 0 Å². The molecule has 7 heteroatoms. The zero-order chi connectivity index (χ0) is 18.2. The number of alkyl halides is 1. The predicted octanol–water partition coefficient (Wildman–Crippen LogP) is 2.55. The Morgan fingerprint density at radius 1 is 1.24 bits per heavy atom. The van der Waals surface area contributed by atoms with Crippen LogP contribution in [-0.4, -0.2) is 29.8 Å². The third kappa shape index (κ3) is 4.90. The van der Waals surface area contributed by atoms with Gasteiger partial charge in [0.05, 0.1) is 6.04 Å². The number of nitrogens with one attached hydrogen (secondary N) is 1. The summed E-state index contributed by atoms with van der Waals surface area (Å²) in [6.07, 6.45) is 5.21. The Morgan fingerprint density at radius 2 is 1.88 bits per heavy atom. The van der Waals surface area contributed by atoms with Gasteiger partial charge in [-0.2, -0.15) is 0 Å². The van der Waals surface area contributed by atoms with Crippen molar-refractivity contribution < 1.29 is 9.13 Å². The number of nitrogens with two attached hydrogens (primary N) is 2. The minimum atomic E-state index is -0.584. The molecule has 0 fully saturated rings. The smallest absolute Gasteiger partial charge is 0.219 e. The molecule has 0 aliphatic carbocycles. The molecule has 0 saturated carbocycles. The quantitative estimate of drug-likeness (QED) is 0.680. The van der Waals surface area contributed by atoms with Crippen molar-refractivity contribution in [3.63, 3.8) is 0 Å². The largest absolute Gasteiger partial charge is 0.401 e. The number of rotatable bonds is 8. The summed E-state index contributed by atoms with van der Waals surface area (Å²) in [6.45, 7) is 1.35. The number of nitrogens with zero attached hydrogens (tertiary/aromatic N) is 2. The zero-order valence-corrected chi connectivity index (χ0v) is 14.4. The van der Waals surface area contributed by atoms with Gasteiger partial charge in [0.1, 0.15) is 12.8 Å². The molecule has 1 heterocycles. The van der Waals surface area contributed by atoms with Crippen LogP contribution in [0.4, 0.5) is 10.3 Å². The van der Waals surface area contributed by atoms with Crippen molar-refractivity contribution in [3.8, 4) is 11.1 Å². The van der Waals surface area contributed by atoms with Gasteiger partial charge in [0, 0.05) is 37.0 Å². The Hall–Kier alpha value is -2.67. The Bertz CT molecular complexity index is 688. The Morgan fingerprint density at radius 3 is 2.40 bits per heavy atom. The lowest BCUT2D eigenvalue weighted by Crippen LogP contribution is -2.35. The number of benzene rings is 1. The van der Waals surface area contributed by atoms with Crippen LogP contribution in [-0.2, 0) is 4.74 Å². The molecule has 1 aromatic carbocycles. The summed E-state index contributed by atoms with van der Waals surface area (Å²) in [7, 11) is 1.56. The third-order valence-electron chi connectivity index (χ3n) is 3.92. The van der Waals surface area contributed by atoms with E-state index in [9.17, 15) is 4.39 Å². The first-order valence-electron chi connectivity index (χ1n) is 8.06. The van der Waals surface area contributed by atoms with E-state index in [1.54, 1.807) is 25.7 Å². The molecule has 25 heavy (non-hydrogen) atoms. The molecule has 5 N–H and O–H groups in total. The van der Waals surface area contributed by atoms with Gasteiger partial charge in [0.25, 0.3) is 0 Å². The molecule has 0 aliphatic heterocycles. The fraction of sp³-hybridized carbons (Fsp3) is 0.333. The number of anilines is 1. The van der Waals surface area contributed by atoms with Crippen LogP contribution in [0.5, 0.6) is 0 Å². The molecule has 2 rings (SSSR count). The van der Waals surface area contributed by atoms with Gasteiger partial charge in [0.15, 0.2) is 0 Å². The van der Waals surface area contributed by atoms with Crippen molar-refractivity contribution in [1.82, 2.24) is 15.3 Å². The van der Waals surface area contributed by atoms with Gasteiger partial charge in [-0.05, 0) is 17.5 Å². The topological polar surface area (TPSA) is 99.1 Å². The molecule has 0 aliphatic rings. The maximum absolute atomic E-state index is 13.5. The van der Waals surface area contributed by atoms with Crippen LogP contribution in [0, 0.1) is 0 Å². The average Bonchev–Trinajstić information content (AvgIpc) is 2.65. The average molecular weight is 345 g/mol. The van der Waals surface area contributed by atoms with Gasteiger partial charge in [-0.1, -0.05) is 31.2 Å². The van der Waals surface area contributed by atoms with Gasteiger partial charge >= 0.3 is 0 Å². The van der Waals surface area contributed by atoms with Crippen molar-refractivity contribution in [2.75, 3.05) is 19.5 Å². The summed E-state index contributed by atoms with van der Waals surface area (Å²) in [4.78, 5) is 7.97. The van der Waals surface area contributed by atoms with Gasteiger partial charge in [-0.25, -0.2) is 14.4 Å². The highest BCUT2D eigenvalue weighted by atomic mass is 19.1. The molecule has 0 radical (unpaired) electrons. The maximum Gasteiger partial charge on any atom is 0.219 e. The molecule has 2 unspecified atom stereocenters. The lowest BCUT2D eigenvalue weighted by atomic mass is 9.99. The number of methoxy groups -OCH3 is 1. The minimum Gasteiger partial charge on any atom is -0.401 e. The van der Waals surface area contributed by atoms with Crippen molar-refractivity contribution in [2.24, 2.45) is 5.73 Å². The standard InChI is InChI=1S/C18H24FN5O/c1-3-15(20)11-22-16(8-19)17(25-2)13-6-4-12(5-7-13)14-9-23-18(21)24-10-14/h4-7,9-11,16-17,22H,3,8,20H2,1-2H3,(H2,21,23,24)/b15-11-. The highest BCUT2D eigenvalue weighted by molar-refractivity contribution is 5.62. The third-order valence-corrected chi connectivity index (χ3v) is 3.92. The van der Waals surface area contributed by atoms with Crippen LogP contribution in [0.1, 0.15) is 25.0 Å². The lowest BCUT2D eigenvalue weighted by molar-refractivity contribution is 0.0634. The van der Waals surface area contributed by atoms with Gasteiger partial charge in [0.2, 0.25) is 5.95 Å². The Kier molecular flexibility index (Phi) is 6.71. The second-order valence-electron chi connectivity index (χ2n) is 5.61. The van der Waals surface area contributed by atoms with E-state index < -0.39 is 18.8 Å². The van der Waals surface area contributed by atoms with E-state index in [-0.39, 0.29) is 5.95 Å². The van der Waals surface area contributed by atoms with E-state index >= 15 is 0 Å².